The number of primary amides is 1. The van der Waals surface area contributed by atoms with Crippen LogP contribution < -0.4 is 11.5 Å². The fourth-order valence-corrected chi connectivity index (χ4v) is 1.68. The maximum absolute atomic E-state index is 10.7. The SMILES string of the molecule is CC(CSc1ccc(N)nc1)C(N)=O. The summed E-state index contributed by atoms with van der Waals surface area (Å²) in [6.07, 6.45) is 1.69. The Morgan fingerprint density at radius 1 is 1.64 bits per heavy atom. The molecule has 4 nitrogen and oxygen atoms in total. The van der Waals surface area contributed by atoms with Gasteiger partial charge in [-0.15, -0.1) is 11.8 Å². The number of hydrogen-bond donors (Lipinski definition) is 2. The molecule has 1 rings (SSSR count). The predicted octanol–water partition coefficient (Wildman–Crippen LogP) is 0.877. The van der Waals surface area contributed by atoms with Gasteiger partial charge in [-0.25, -0.2) is 4.98 Å². The average molecular weight is 211 g/mol. The standard InChI is InChI=1S/C9H13N3OS/c1-6(9(11)13)5-14-7-2-3-8(10)12-4-7/h2-4,6H,5H2,1H3,(H2,10,12)(H2,11,13). The second kappa shape index (κ2) is 4.85. The van der Waals surface area contributed by atoms with Gasteiger partial charge in [0.1, 0.15) is 5.82 Å². The molecule has 0 aliphatic rings. The van der Waals surface area contributed by atoms with Crippen LogP contribution in [-0.4, -0.2) is 16.6 Å². The van der Waals surface area contributed by atoms with Crippen LogP contribution >= 0.6 is 11.8 Å². The van der Waals surface area contributed by atoms with E-state index in [-0.39, 0.29) is 11.8 Å². The van der Waals surface area contributed by atoms with Crippen LogP contribution in [0.1, 0.15) is 6.92 Å². The fraction of sp³-hybridized carbons (Fsp3) is 0.333. The van der Waals surface area contributed by atoms with Gasteiger partial charge in [0.15, 0.2) is 0 Å². The zero-order chi connectivity index (χ0) is 10.6. The van der Waals surface area contributed by atoms with E-state index in [9.17, 15) is 4.79 Å². The Morgan fingerprint density at radius 3 is 2.86 bits per heavy atom. The highest BCUT2D eigenvalue weighted by Gasteiger charge is 2.08. The zero-order valence-corrected chi connectivity index (χ0v) is 8.75. The lowest BCUT2D eigenvalue weighted by molar-refractivity contribution is -0.120. The quantitative estimate of drug-likeness (QED) is 0.724. The highest BCUT2D eigenvalue weighted by Crippen LogP contribution is 2.19. The number of pyridine rings is 1. The molecule has 0 saturated heterocycles. The zero-order valence-electron chi connectivity index (χ0n) is 7.93. The van der Waals surface area contributed by atoms with Crippen LogP contribution in [0.4, 0.5) is 5.82 Å². The topological polar surface area (TPSA) is 82.0 Å². The summed E-state index contributed by atoms with van der Waals surface area (Å²) < 4.78 is 0. The molecule has 0 aliphatic heterocycles. The second-order valence-corrected chi connectivity index (χ2v) is 4.13. The number of aromatic nitrogens is 1. The number of rotatable bonds is 4. The third kappa shape index (κ3) is 3.26. The highest BCUT2D eigenvalue weighted by atomic mass is 32.2. The number of nitrogen functional groups attached to an aromatic ring is 1. The smallest absolute Gasteiger partial charge is 0.221 e. The monoisotopic (exact) mass is 211 g/mol. The number of nitrogens with two attached hydrogens (primary N) is 2. The van der Waals surface area contributed by atoms with Crippen LogP contribution in [0.2, 0.25) is 0 Å². The summed E-state index contributed by atoms with van der Waals surface area (Å²) in [5.41, 5.74) is 10.6. The van der Waals surface area contributed by atoms with Gasteiger partial charge in [-0.05, 0) is 12.1 Å². The van der Waals surface area contributed by atoms with Gasteiger partial charge in [0.05, 0.1) is 0 Å². The second-order valence-electron chi connectivity index (χ2n) is 3.03. The summed E-state index contributed by atoms with van der Waals surface area (Å²) in [5.74, 6) is 0.761. The van der Waals surface area contributed by atoms with Crippen molar-refractivity contribution in [3.05, 3.63) is 18.3 Å². The van der Waals surface area contributed by atoms with Crippen molar-refractivity contribution in [1.82, 2.24) is 4.98 Å². The van der Waals surface area contributed by atoms with Crippen molar-refractivity contribution in [2.24, 2.45) is 11.7 Å². The Hall–Kier alpha value is -1.23. The summed E-state index contributed by atoms with van der Waals surface area (Å²) >= 11 is 1.55. The average Bonchev–Trinajstić information content (AvgIpc) is 2.16. The van der Waals surface area contributed by atoms with E-state index in [1.165, 1.54) is 0 Å². The molecule has 0 saturated carbocycles. The predicted molar refractivity (Wildman–Crippen MR) is 57.7 cm³/mol. The van der Waals surface area contributed by atoms with Gasteiger partial charge in [0.2, 0.25) is 5.91 Å². The first-order valence-corrected chi connectivity index (χ1v) is 5.22. The van der Waals surface area contributed by atoms with Crippen molar-refractivity contribution < 1.29 is 4.79 Å². The van der Waals surface area contributed by atoms with Gasteiger partial charge >= 0.3 is 0 Å². The Kier molecular flexibility index (Phi) is 3.76. The Labute approximate surface area is 87.1 Å². The number of anilines is 1. The van der Waals surface area contributed by atoms with Gasteiger partial charge in [0, 0.05) is 22.8 Å². The number of nitrogens with zero attached hydrogens (tertiary/aromatic N) is 1. The van der Waals surface area contributed by atoms with Crippen LogP contribution in [0, 0.1) is 5.92 Å². The summed E-state index contributed by atoms with van der Waals surface area (Å²) in [6, 6.07) is 3.61. The van der Waals surface area contributed by atoms with Crippen molar-refractivity contribution >= 4 is 23.5 Å². The molecule has 0 spiro atoms. The van der Waals surface area contributed by atoms with Gasteiger partial charge in [-0.2, -0.15) is 0 Å². The molecule has 0 fully saturated rings. The molecule has 0 aliphatic carbocycles. The molecular weight excluding hydrogens is 198 g/mol. The molecule has 1 atom stereocenters. The van der Waals surface area contributed by atoms with Crippen molar-refractivity contribution in [3.8, 4) is 0 Å². The molecule has 0 aromatic carbocycles. The minimum Gasteiger partial charge on any atom is -0.384 e. The summed E-state index contributed by atoms with van der Waals surface area (Å²) in [7, 11) is 0. The third-order valence-electron chi connectivity index (χ3n) is 1.74. The molecular formula is C9H13N3OS. The molecule has 14 heavy (non-hydrogen) atoms. The van der Waals surface area contributed by atoms with E-state index < -0.39 is 0 Å². The van der Waals surface area contributed by atoms with Crippen LogP contribution in [0.25, 0.3) is 0 Å². The molecule has 76 valence electrons. The van der Waals surface area contributed by atoms with Crippen molar-refractivity contribution in [3.63, 3.8) is 0 Å². The Balaban J connectivity index is 2.46. The Morgan fingerprint density at radius 2 is 2.36 bits per heavy atom. The number of carbonyl (C=O) groups excluding carboxylic acids is 1. The summed E-state index contributed by atoms with van der Waals surface area (Å²) in [5, 5.41) is 0. The van der Waals surface area contributed by atoms with E-state index in [2.05, 4.69) is 4.98 Å². The summed E-state index contributed by atoms with van der Waals surface area (Å²) in [4.78, 5) is 15.7. The molecule has 0 radical (unpaired) electrons. The first kappa shape index (κ1) is 10.8. The number of hydrogen-bond acceptors (Lipinski definition) is 4. The number of carbonyl (C=O) groups is 1. The molecule has 1 amide bonds. The number of amides is 1. The van der Waals surface area contributed by atoms with Gasteiger partial charge in [-0.3, -0.25) is 4.79 Å². The van der Waals surface area contributed by atoms with Crippen LogP contribution in [0.3, 0.4) is 0 Å². The maximum Gasteiger partial charge on any atom is 0.221 e. The molecule has 1 aromatic rings. The van der Waals surface area contributed by atoms with E-state index in [1.807, 2.05) is 6.07 Å². The fourth-order valence-electron chi connectivity index (χ4n) is 0.780. The molecule has 0 bridgehead atoms. The minimum atomic E-state index is -0.277. The molecule has 1 heterocycles. The van der Waals surface area contributed by atoms with Crippen LogP contribution in [-0.2, 0) is 4.79 Å². The largest absolute Gasteiger partial charge is 0.384 e. The first-order valence-electron chi connectivity index (χ1n) is 4.23. The lowest BCUT2D eigenvalue weighted by atomic mass is 10.2. The van der Waals surface area contributed by atoms with E-state index >= 15 is 0 Å². The summed E-state index contributed by atoms with van der Waals surface area (Å²) in [6.45, 7) is 1.81. The molecule has 1 aromatic heterocycles. The van der Waals surface area contributed by atoms with Crippen LogP contribution in [0.15, 0.2) is 23.2 Å². The molecule has 5 heteroatoms. The highest BCUT2D eigenvalue weighted by molar-refractivity contribution is 7.99. The minimum absolute atomic E-state index is 0.127. The molecule has 1 unspecified atom stereocenters. The lowest BCUT2D eigenvalue weighted by Gasteiger charge is -2.05. The number of thioether (sulfide) groups is 1. The van der Waals surface area contributed by atoms with E-state index in [0.29, 0.717) is 11.6 Å². The molecule has 4 N–H and O–H groups in total. The van der Waals surface area contributed by atoms with Crippen molar-refractivity contribution in [1.29, 1.82) is 0 Å². The van der Waals surface area contributed by atoms with Crippen molar-refractivity contribution in [2.45, 2.75) is 11.8 Å². The van der Waals surface area contributed by atoms with Gasteiger partial charge in [0.25, 0.3) is 0 Å². The van der Waals surface area contributed by atoms with Gasteiger partial charge < -0.3 is 11.5 Å². The third-order valence-corrected chi connectivity index (χ3v) is 2.99. The van der Waals surface area contributed by atoms with E-state index in [1.54, 1.807) is 30.9 Å². The normalized spacial score (nSPS) is 12.4. The van der Waals surface area contributed by atoms with Crippen LogP contribution in [0.5, 0.6) is 0 Å². The lowest BCUT2D eigenvalue weighted by Crippen LogP contribution is -2.22. The Bertz CT molecular complexity index is 312. The van der Waals surface area contributed by atoms with Gasteiger partial charge in [-0.1, -0.05) is 6.92 Å². The first-order chi connectivity index (χ1) is 6.59. The van der Waals surface area contributed by atoms with E-state index in [0.717, 1.165) is 4.90 Å². The van der Waals surface area contributed by atoms with Crippen molar-refractivity contribution in [2.75, 3.05) is 11.5 Å². The van der Waals surface area contributed by atoms with E-state index in [4.69, 9.17) is 11.5 Å². The maximum atomic E-state index is 10.7.